The standard InChI is InChI=1S/C16H17N3O2/c1-9(2)13-10(3)8-17-15-14(13)18-16(21)19(15)11-4-6-12(20)7-5-11/h4-9,20H,1-3H3,(H,18,21). The number of fused-ring (bicyclic) bond motifs is 1. The lowest BCUT2D eigenvalue weighted by Crippen LogP contribution is -2.14. The second-order valence-corrected chi connectivity index (χ2v) is 5.49. The second kappa shape index (κ2) is 4.77. The maximum Gasteiger partial charge on any atom is 0.332 e. The van der Waals surface area contributed by atoms with Crippen molar-refractivity contribution in [2.45, 2.75) is 26.7 Å². The van der Waals surface area contributed by atoms with Gasteiger partial charge in [0.1, 0.15) is 5.75 Å². The molecule has 0 atom stereocenters. The zero-order valence-electron chi connectivity index (χ0n) is 12.2. The number of pyridine rings is 1. The maximum absolute atomic E-state index is 12.3. The molecule has 3 aromatic rings. The Morgan fingerprint density at radius 1 is 1.24 bits per heavy atom. The van der Waals surface area contributed by atoms with Gasteiger partial charge >= 0.3 is 5.69 Å². The van der Waals surface area contributed by atoms with Crippen LogP contribution in [-0.2, 0) is 0 Å². The van der Waals surface area contributed by atoms with Crippen molar-refractivity contribution < 1.29 is 5.11 Å². The summed E-state index contributed by atoms with van der Waals surface area (Å²) in [5.74, 6) is 0.458. The number of nitrogens with zero attached hydrogens (tertiary/aromatic N) is 2. The van der Waals surface area contributed by atoms with Gasteiger partial charge in [-0.15, -0.1) is 0 Å². The van der Waals surface area contributed by atoms with Gasteiger partial charge in [-0.3, -0.25) is 0 Å². The summed E-state index contributed by atoms with van der Waals surface area (Å²) in [5, 5.41) is 9.38. The normalized spacial score (nSPS) is 11.4. The Morgan fingerprint density at radius 3 is 2.52 bits per heavy atom. The molecule has 0 aliphatic heterocycles. The van der Waals surface area contributed by atoms with Gasteiger partial charge in [0, 0.05) is 6.20 Å². The fraction of sp³-hybridized carbons (Fsp3) is 0.250. The number of aryl methyl sites for hydroxylation is 1. The predicted octanol–water partition coefficient (Wildman–Crippen LogP) is 2.85. The highest BCUT2D eigenvalue weighted by atomic mass is 16.3. The Morgan fingerprint density at radius 2 is 1.90 bits per heavy atom. The lowest BCUT2D eigenvalue weighted by atomic mass is 9.99. The van der Waals surface area contributed by atoms with E-state index in [4.69, 9.17) is 0 Å². The summed E-state index contributed by atoms with van der Waals surface area (Å²) in [6.45, 7) is 6.19. The van der Waals surface area contributed by atoms with E-state index in [-0.39, 0.29) is 11.4 Å². The summed E-state index contributed by atoms with van der Waals surface area (Å²) in [7, 11) is 0. The van der Waals surface area contributed by atoms with Crippen LogP contribution in [0, 0.1) is 6.92 Å². The number of H-pyrrole nitrogens is 1. The maximum atomic E-state index is 12.3. The van der Waals surface area contributed by atoms with Gasteiger partial charge in [0.05, 0.1) is 11.2 Å². The molecule has 0 bridgehead atoms. The molecule has 5 nitrogen and oxygen atoms in total. The van der Waals surface area contributed by atoms with E-state index in [0.29, 0.717) is 17.3 Å². The van der Waals surface area contributed by atoms with Gasteiger partial charge in [0.15, 0.2) is 5.65 Å². The number of phenols is 1. The molecular weight excluding hydrogens is 266 g/mol. The second-order valence-electron chi connectivity index (χ2n) is 5.49. The minimum absolute atomic E-state index is 0.165. The number of hydrogen-bond donors (Lipinski definition) is 2. The number of aromatic hydroxyl groups is 1. The van der Waals surface area contributed by atoms with Crippen LogP contribution in [0.15, 0.2) is 35.3 Å². The molecular formula is C16H17N3O2. The first-order valence-corrected chi connectivity index (χ1v) is 6.88. The van der Waals surface area contributed by atoms with Crippen LogP contribution in [0.5, 0.6) is 5.75 Å². The van der Waals surface area contributed by atoms with Crippen LogP contribution in [0.3, 0.4) is 0 Å². The van der Waals surface area contributed by atoms with Gasteiger partial charge in [-0.25, -0.2) is 14.3 Å². The van der Waals surface area contributed by atoms with E-state index >= 15 is 0 Å². The molecule has 5 heteroatoms. The van der Waals surface area contributed by atoms with Crippen molar-refractivity contribution in [2.24, 2.45) is 0 Å². The van der Waals surface area contributed by atoms with Gasteiger partial charge in [-0.1, -0.05) is 13.8 Å². The SMILES string of the molecule is Cc1cnc2c([nH]c(=O)n2-c2ccc(O)cc2)c1C(C)C. The lowest BCUT2D eigenvalue weighted by molar-refractivity contribution is 0.475. The minimum Gasteiger partial charge on any atom is -0.508 e. The molecule has 2 N–H and O–H groups in total. The van der Waals surface area contributed by atoms with Crippen molar-refractivity contribution in [3.63, 3.8) is 0 Å². The summed E-state index contributed by atoms with van der Waals surface area (Å²) < 4.78 is 1.53. The first-order valence-electron chi connectivity index (χ1n) is 6.88. The zero-order chi connectivity index (χ0) is 15.1. The summed E-state index contributed by atoms with van der Waals surface area (Å²) >= 11 is 0. The van der Waals surface area contributed by atoms with Crippen LogP contribution in [0.1, 0.15) is 30.9 Å². The molecule has 108 valence electrons. The fourth-order valence-corrected chi connectivity index (χ4v) is 2.75. The zero-order valence-corrected chi connectivity index (χ0v) is 12.2. The summed E-state index contributed by atoms with van der Waals surface area (Å²) in [6.07, 6.45) is 1.79. The number of rotatable bonds is 2. The Hall–Kier alpha value is -2.56. The third kappa shape index (κ3) is 2.11. The van der Waals surface area contributed by atoms with Gasteiger partial charge in [-0.2, -0.15) is 0 Å². The number of phenolic OH excluding ortho intramolecular Hbond substituents is 1. The molecule has 0 aliphatic rings. The Labute approximate surface area is 121 Å². The largest absolute Gasteiger partial charge is 0.508 e. The highest BCUT2D eigenvalue weighted by Gasteiger charge is 2.16. The molecule has 2 aromatic heterocycles. The highest BCUT2D eigenvalue weighted by Crippen LogP contribution is 2.26. The van der Waals surface area contributed by atoms with Crippen LogP contribution in [-0.4, -0.2) is 19.6 Å². The topological polar surface area (TPSA) is 70.9 Å². The molecule has 1 aromatic carbocycles. The predicted molar refractivity (Wildman–Crippen MR) is 82.2 cm³/mol. The van der Waals surface area contributed by atoms with E-state index in [0.717, 1.165) is 16.6 Å². The van der Waals surface area contributed by atoms with Crippen molar-refractivity contribution >= 4 is 11.2 Å². The van der Waals surface area contributed by atoms with E-state index in [1.54, 1.807) is 30.5 Å². The molecule has 21 heavy (non-hydrogen) atoms. The fourth-order valence-electron chi connectivity index (χ4n) is 2.75. The van der Waals surface area contributed by atoms with Crippen molar-refractivity contribution in [1.29, 1.82) is 0 Å². The Balaban J connectivity index is 2.35. The van der Waals surface area contributed by atoms with Gasteiger partial charge in [0.2, 0.25) is 0 Å². The molecule has 0 spiro atoms. The summed E-state index contributed by atoms with van der Waals surface area (Å²) in [5.41, 5.74) is 4.01. The Kier molecular flexibility index (Phi) is 3.05. The van der Waals surface area contributed by atoms with E-state index in [1.807, 2.05) is 6.92 Å². The van der Waals surface area contributed by atoms with Crippen LogP contribution in [0.4, 0.5) is 0 Å². The van der Waals surface area contributed by atoms with Crippen molar-refractivity contribution in [3.05, 3.63) is 52.1 Å². The summed E-state index contributed by atoms with van der Waals surface area (Å²) in [6, 6.07) is 6.50. The Bertz CT molecular complexity index is 858. The van der Waals surface area contributed by atoms with Crippen molar-refractivity contribution in [2.75, 3.05) is 0 Å². The van der Waals surface area contributed by atoms with Crippen LogP contribution in [0.25, 0.3) is 16.9 Å². The smallest absolute Gasteiger partial charge is 0.332 e. The van der Waals surface area contributed by atoms with Gasteiger partial charge in [0.25, 0.3) is 0 Å². The first-order chi connectivity index (χ1) is 9.99. The van der Waals surface area contributed by atoms with Crippen molar-refractivity contribution in [3.8, 4) is 11.4 Å². The molecule has 0 amide bonds. The molecule has 0 fully saturated rings. The van der Waals surface area contributed by atoms with Crippen LogP contribution < -0.4 is 5.69 Å². The average Bonchev–Trinajstić information content (AvgIpc) is 2.75. The lowest BCUT2D eigenvalue weighted by Gasteiger charge is -2.10. The van der Waals surface area contributed by atoms with Crippen LogP contribution in [0.2, 0.25) is 0 Å². The molecule has 0 radical (unpaired) electrons. The average molecular weight is 283 g/mol. The quantitative estimate of drug-likeness (QED) is 0.759. The number of aromatic nitrogens is 3. The molecule has 0 saturated carbocycles. The van der Waals surface area contributed by atoms with E-state index in [2.05, 4.69) is 23.8 Å². The van der Waals surface area contributed by atoms with Gasteiger partial charge < -0.3 is 10.1 Å². The monoisotopic (exact) mass is 283 g/mol. The van der Waals surface area contributed by atoms with E-state index < -0.39 is 0 Å². The molecule has 2 heterocycles. The highest BCUT2D eigenvalue weighted by molar-refractivity contribution is 5.78. The van der Waals surface area contributed by atoms with E-state index in [1.165, 1.54) is 4.57 Å². The van der Waals surface area contributed by atoms with Crippen LogP contribution >= 0.6 is 0 Å². The van der Waals surface area contributed by atoms with Gasteiger partial charge in [-0.05, 0) is 48.2 Å². The third-order valence-electron chi connectivity index (χ3n) is 3.63. The number of aromatic amines is 1. The van der Waals surface area contributed by atoms with Crippen molar-refractivity contribution in [1.82, 2.24) is 14.5 Å². The minimum atomic E-state index is -0.226. The number of imidazole rings is 1. The number of nitrogens with one attached hydrogen (secondary N) is 1. The molecule has 0 unspecified atom stereocenters. The first kappa shape index (κ1) is 13.4. The number of benzene rings is 1. The molecule has 3 rings (SSSR count). The van der Waals surface area contributed by atoms with E-state index in [9.17, 15) is 9.90 Å². The molecule has 0 aliphatic carbocycles. The summed E-state index contributed by atoms with van der Waals surface area (Å²) in [4.78, 5) is 19.6. The molecule has 0 saturated heterocycles. The number of hydrogen-bond acceptors (Lipinski definition) is 3. The third-order valence-corrected chi connectivity index (χ3v) is 3.63.